The first-order valence-corrected chi connectivity index (χ1v) is 8.36. The largest absolute Gasteiger partial charge is 0.314 e. The quantitative estimate of drug-likeness (QED) is 0.694. The van der Waals surface area contributed by atoms with E-state index in [0.717, 1.165) is 24.4 Å². The molecule has 2 aromatic rings. The standard InChI is InChI=1S/C17H19ClIN/c1-2-20-16(11-13-7-9-15(19)10-8-13)12-14-5-3-4-6-17(14)18/h3-10,16,20H,2,11-12H2,1H3. The van der Waals surface area contributed by atoms with E-state index in [1.54, 1.807) is 0 Å². The van der Waals surface area contributed by atoms with Crippen LogP contribution < -0.4 is 5.32 Å². The Morgan fingerprint density at radius 3 is 2.40 bits per heavy atom. The van der Waals surface area contributed by atoms with Crippen molar-refractivity contribution in [1.82, 2.24) is 5.32 Å². The van der Waals surface area contributed by atoms with Gasteiger partial charge in [-0.05, 0) is 71.3 Å². The van der Waals surface area contributed by atoms with Gasteiger partial charge in [-0.1, -0.05) is 48.9 Å². The van der Waals surface area contributed by atoms with Crippen molar-refractivity contribution in [3.8, 4) is 0 Å². The summed E-state index contributed by atoms with van der Waals surface area (Å²) in [5.41, 5.74) is 2.58. The van der Waals surface area contributed by atoms with Gasteiger partial charge in [-0.25, -0.2) is 0 Å². The third-order valence-corrected chi connectivity index (χ3v) is 4.40. The van der Waals surface area contributed by atoms with Crippen LogP contribution in [-0.2, 0) is 12.8 Å². The fourth-order valence-corrected chi connectivity index (χ4v) is 2.91. The normalized spacial score (nSPS) is 12.3. The van der Waals surface area contributed by atoms with Crippen LogP contribution in [0.1, 0.15) is 18.1 Å². The Morgan fingerprint density at radius 1 is 1.05 bits per heavy atom. The Morgan fingerprint density at radius 2 is 1.75 bits per heavy atom. The molecule has 0 saturated carbocycles. The fraction of sp³-hybridized carbons (Fsp3) is 0.294. The van der Waals surface area contributed by atoms with Gasteiger partial charge in [-0.3, -0.25) is 0 Å². The van der Waals surface area contributed by atoms with Crippen LogP contribution in [0.25, 0.3) is 0 Å². The highest BCUT2D eigenvalue weighted by Gasteiger charge is 2.11. The van der Waals surface area contributed by atoms with Crippen molar-refractivity contribution in [3.05, 3.63) is 68.3 Å². The molecule has 2 rings (SSSR count). The number of rotatable bonds is 6. The smallest absolute Gasteiger partial charge is 0.0438 e. The molecule has 20 heavy (non-hydrogen) atoms. The molecule has 0 aliphatic heterocycles. The van der Waals surface area contributed by atoms with Gasteiger partial charge in [0.05, 0.1) is 0 Å². The van der Waals surface area contributed by atoms with Gasteiger partial charge >= 0.3 is 0 Å². The van der Waals surface area contributed by atoms with Crippen LogP contribution in [0.4, 0.5) is 0 Å². The number of hydrogen-bond donors (Lipinski definition) is 1. The summed E-state index contributed by atoms with van der Waals surface area (Å²) in [7, 11) is 0. The second-order valence-corrected chi connectivity index (χ2v) is 6.53. The van der Waals surface area contributed by atoms with Gasteiger partial charge in [0, 0.05) is 14.6 Å². The minimum Gasteiger partial charge on any atom is -0.314 e. The SMILES string of the molecule is CCNC(Cc1ccc(I)cc1)Cc1ccccc1Cl. The van der Waals surface area contributed by atoms with E-state index in [1.807, 2.05) is 12.1 Å². The van der Waals surface area contributed by atoms with Crippen molar-refractivity contribution >= 4 is 34.2 Å². The van der Waals surface area contributed by atoms with Gasteiger partial charge in [0.2, 0.25) is 0 Å². The summed E-state index contributed by atoms with van der Waals surface area (Å²) in [4.78, 5) is 0. The highest BCUT2D eigenvalue weighted by atomic mass is 127. The van der Waals surface area contributed by atoms with Crippen molar-refractivity contribution in [1.29, 1.82) is 0 Å². The van der Waals surface area contributed by atoms with Crippen LogP contribution in [0.15, 0.2) is 48.5 Å². The van der Waals surface area contributed by atoms with Crippen molar-refractivity contribution in [2.75, 3.05) is 6.54 Å². The summed E-state index contributed by atoms with van der Waals surface area (Å²) in [6.07, 6.45) is 1.98. The number of benzene rings is 2. The van der Waals surface area contributed by atoms with Crippen molar-refractivity contribution in [3.63, 3.8) is 0 Å². The predicted molar refractivity (Wildman–Crippen MR) is 95.5 cm³/mol. The average Bonchev–Trinajstić information content (AvgIpc) is 2.44. The molecule has 1 nitrogen and oxygen atoms in total. The van der Waals surface area contributed by atoms with Gasteiger partial charge in [0.1, 0.15) is 0 Å². The molecule has 1 N–H and O–H groups in total. The number of likely N-dealkylation sites (N-methyl/N-ethyl adjacent to an activating group) is 1. The van der Waals surface area contributed by atoms with E-state index in [0.29, 0.717) is 6.04 Å². The number of nitrogens with one attached hydrogen (secondary N) is 1. The van der Waals surface area contributed by atoms with E-state index in [9.17, 15) is 0 Å². The molecule has 0 spiro atoms. The van der Waals surface area contributed by atoms with Crippen LogP contribution >= 0.6 is 34.2 Å². The van der Waals surface area contributed by atoms with Crippen LogP contribution in [0.3, 0.4) is 0 Å². The summed E-state index contributed by atoms with van der Waals surface area (Å²) in [6, 6.07) is 17.3. The average molecular weight is 400 g/mol. The Hall–Kier alpha value is -0.580. The topological polar surface area (TPSA) is 12.0 Å². The van der Waals surface area contributed by atoms with Crippen molar-refractivity contribution in [2.24, 2.45) is 0 Å². The molecular weight excluding hydrogens is 381 g/mol. The number of hydrogen-bond acceptors (Lipinski definition) is 1. The van der Waals surface area contributed by atoms with Crippen LogP contribution in [0.2, 0.25) is 5.02 Å². The molecule has 0 aromatic heterocycles. The fourth-order valence-electron chi connectivity index (χ4n) is 2.34. The third-order valence-electron chi connectivity index (χ3n) is 3.31. The molecule has 0 aliphatic rings. The molecular formula is C17H19ClIN. The maximum Gasteiger partial charge on any atom is 0.0438 e. The highest BCUT2D eigenvalue weighted by Crippen LogP contribution is 2.18. The van der Waals surface area contributed by atoms with Gasteiger partial charge in [0.15, 0.2) is 0 Å². The second-order valence-electron chi connectivity index (χ2n) is 4.88. The lowest BCUT2D eigenvalue weighted by Crippen LogP contribution is -2.33. The second kappa shape index (κ2) is 8.01. The molecule has 0 bridgehead atoms. The van der Waals surface area contributed by atoms with Gasteiger partial charge in [0.25, 0.3) is 0 Å². The Balaban J connectivity index is 2.07. The van der Waals surface area contributed by atoms with E-state index in [2.05, 4.69) is 71.2 Å². The van der Waals surface area contributed by atoms with E-state index >= 15 is 0 Å². The lowest BCUT2D eigenvalue weighted by molar-refractivity contribution is 0.521. The minimum atomic E-state index is 0.417. The molecule has 0 saturated heterocycles. The summed E-state index contributed by atoms with van der Waals surface area (Å²) >= 11 is 8.60. The zero-order valence-corrected chi connectivity index (χ0v) is 14.5. The predicted octanol–water partition coefficient (Wildman–Crippen LogP) is 4.71. The van der Waals surface area contributed by atoms with Crippen LogP contribution in [0, 0.1) is 3.57 Å². The Labute approximate surface area is 139 Å². The first-order chi connectivity index (χ1) is 9.69. The highest BCUT2D eigenvalue weighted by molar-refractivity contribution is 14.1. The van der Waals surface area contributed by atoms with E-state index < -0.39 is 0 Å². The lowest BCUT2D eigenvalue weighted by Gasteiger charge is -2.19. The van der Waals surface area contributed by atoms with Gasteiger partial charge < -0.3 is 5.32 Å². The summed E-state index contributed by atoms with van der Waals surface area (Å²) < 4.78 is 1.28. The first kappa shape index (κ1) is 15.8. The summed E-state index contributed by atoms with van der Waals surface area (Å²) in [5, 5.41) is 4.42. The van der Waals surface area contributed by atoms with Crippen LogP contribution in [0.5, 0.6) is 0 Å². The molecule has 0 aliphatic carbocycles. The molecule has 0 amide bonds. The summed E-state index contributed by atoms with van der Waals surface area (Å²) in [5.74, 6) is 0. The Kier molecular flexibility index (Phi) is 6.33. The summed E-state index contributed by atoms with van der Waals surface area (Å²) in [6.45, 7) is 3.12. The first-order valence-electron chi connectivity index (χ1n) is 6.90. The molecule has 1 atom stereocenters. The van der Waals surface area contributed by atoms with Crippen LogP contribution in [-0.4, -0.2) is 12.6 Å². The monoisotopic (exact) mass is 399 g/mol. The third kappa shape index (κ3) is 4.76. The maximum atomic E-state index is 6.26. The molecule has 1 unspecified atom stereocenters. The molecule has 0 heterocycles. The molecule has 106 valence electrons. The van der Waals surface area contributed by atoms with Crippen molar-refractivity contribution in [2.45, 2.75) is 25.8 Å². The van der Waals surface area contributed by atoms with Gasteiger partial charge in [-0.15, -0.1) is 0 Å². The maximum absolute atomic E-state index is 6.26. The zero-order valence-electron chi connectivity index (χ0n) is 11.6. The molecule has 0 fully saturated rings. The zero-order chi connectivity index (χ0) is 14.4. The van der Waals surface area contributed by atoms with E-state index in [4.69, 9.17) is 11.6 Å². The van der Waals surface area contributed by atoms with E-state index in [1.165, 1.54) is 14.7 Å². The minimum absolute atomic E-state index is 0.417. The molecule has 0 radical (unpaired) electrons. The lowest BCUT2D eigenvalue weighted by atomic mass is 9.99. The molecule has 3 heteroatoms. The Bertz CT molecular complexity index is 539. The van der Waals surface area contributed by atoms with Gasteiger partial charge in [-0.2, -0.15) is 0 Å². The number of halogens is 2. The van der Waals surface area contributed by atoms with E-state index in [-0.39, 0.29) is 0 Å². The molecule has 2 aromatic carbocycles. The van der Waals surface area contributed by atoms with Crippen molar-refractivity contribution < 1.29 is 0 Å².